The number of piperidine rings is 1. The van der Waals surface area contributed by atoms with Crippen molar-refractivity contribution in [1.82, 2.24) is 20.2 Å². The summed E-state index contributed by atoms with van der Waals surface area (Å²) in [4.78, 5) is 36.9. The second-order valence-corrected chi connectivity index (χ2v) is 8.88. The van der Waals surface area contributed by atoms with E-state index < -0.39 is 0 Å². The van der Waals surface area contributed by atoms with Crippen molar-refractivity contribution in [3.8, 4) is 10.6 Å². The molecule has 7 nitrogen and oxygen atoms in total. The van der Waals surface area contributed by atoms with Gasteiger partial charge < -0.3 is 15.0 Å². The van der Waals surface area contributed by atoms with Crippen LogP contribution >= 0.6 is 11.3 Å². The Kier molecular flexibility index (Phi) is 8.97. The molecule has 2 aromatic heterocycles. The average Bonchev–Trinajstić information content (AvgIpc) is 3.20. The van der Waals surface area contributed by atoms with E-state index in [-0.39, 0.29) is 17.7 Å². The van der Waals surface area contributed by atoms with Crippen molar-refractivity contribution in [3.63, 3.8) is 0 Å². The number of nitrogens with zero attached hydrogens (tertiary/aromatic N) is 3. The monoisotopic (exact) mass is 444 g/mol. The van der Waals surface area contributed by atoms with Gasteiger partial charge in [0.2, 0.25) is 5.91 Å². The van der Waals surface area contributed by atoms with Crippen molar-refractivity contribution in [1.29, 1.82) is 0 Å². The lowest BCUT2D eigenvalue weighted by Gasteiger charge is -2.31. The first kappa shape index (κ1) is 23.3. The SMILES string of the molecule is CCCCOCCCNC(=O)C1CCCN(C(=O)c2sc(-c3cccnc3)nc2C)C1. The topological polar surface area (TPSA) is 84.4 Å². The van der Waals surface area contributed by atoms with Crippen molar-refractivity contribution >= 4 is 23.2 Å². The lowest BCUT2D eigenvalue weighted by Crippen LogP contribution is -2.45. The highest BCUT2D eigenvalue weighted by Gasteiger charge is 2.30. The van der Waals surface area contributed by atoms with Crippen LogP contribution in [0.3, 0.4) is 0 Å². The largest absolute Gasteiger partial charge is 0.381 e. The molecule has 168 valence electrons. The van der Waals surface area contributed by atoms with E-state index in [9.17, 15) is 9.59 Å². The highest BCUT2D eigenvalue weighted by molar-refractivity contribution is 7.17. The van der Waals surface area contributed by atoms with Gasteiger partial charge in [-0.05, 0) is 44.7 Å². The third-order valence-electron chi connectivity index (χ3n) is 5.39. The maximum Gasteiger partial charge on any atom is 0.265 e. The number of amides is 2. The summed E-state index contributed by atoms with van der Waals surface area (Å²) in [6.07, 6.45) is 8.11. The van der Waals surface area contributed by atoms with Crippen molar-refractivity contribution < 1.29 is 14.3 Å². The van der Waals surface area contributed by atoms with E-state index in [0.29, 0.717) is 31.1 Å². The number of nitrogens with one attached hydrogen (secondary N) is 1. The summed E-state index contributed by atoms with van der Waals surface area (Å²) in [6, 6.07) is 3.80. The van der Waals surface area contributed by atoms with Gasteiger partial charge in [-0.25, -0.2) is 4.98 Å². The molecule has 0 spiro atoms. The third kappa shape index (κ3) is 6.58. The van der Waals surface area contributed by atoms with Gasteiger partial charge in [-0.3, -0.25) is 14.6 Å². The zero-order valence-electron chi connectivity index (χ0n) is 18.4. The summed E-state index contributed by atoms with van der Waals surface area (Å²) < 4.78 is 5.53. The van der Waals surface area contributed by atoms with Crippen molar-refractivity contribution in [3.05, 3.63) is 35.1 Å². The van der Waals surface area contributed by atoms with E-state index in [1.165, 1.54) is 11.3 Å². The molecule has 1 atom stereocenters. The molecule has 1 saturated heterocycles. The van der Waals surface area contributed by atoms with Gasteiger partial charge in [-0.1, -0.05) is 13.3 Å². The fourth-order valence-electron chi connectivity index (χ4n) is 3.61. The minimum atomic E-state index is -0.162. The number of thiazole rings is 1. The molecule has 1 aliphatic heterocycles. The molecule has 2 aromatic rings. The first-order valence-corrected chi connectivity index (χ1v) is 11.9. The smallest absolute Gasteiger partial charge is 0.265 e. The number of pyridine rings is 1. The Morgan fingerprint density at radius 3 is 2.94 bits per heavy atom. The standard InChI is InChI=1S/C23H32N4O3S/c1-3-4-13-30-14-7-11-25-21(28)19-9-6-12-27(16-19)23(29)20-17(2)26-22(31-20)18-8-5-10-24-15-18/h5,8,10,15,19H,3-4,6-7,9,11-14,16H2,1-2H3,(H,25,28). The molecule has 0 bridgehead atoms. The molecule has 3 rings (SSSR count). The molecular weight excluding hydrogens is 412 g/mol. The highest BCUT2D eigenvalue weighted by atomic mass is 32.1. The van der Waals surface area contributed by atoms with E-state index in [0.717, 1.165) is 55.0 Å². The Balaban J connectivity index is 1.51. The lowest BCUT2D eigenvalue weighted by atomic mass is 9.97. The molecule has 2 amide bonds. The normalized spacial score (nSPS) is 16.3. The van der Waals surface area contributed by atoms with E-state index in [1.807, 2.05) is 19.1 Å². The van der Waals surface area contributed by atoms with Crippen molar-refractivity contribution in [2.24, 2.45) is 5.92 Å². The quantitative estimate of drug-likeness (QED) is 0.565. The molecule has 0 aliphatic carbocycles. The summed E-state index contributed by atoms with van der Waals surface area (Å²) in [7, 11) is 0. The summed E-state index contributed by atoms with van der Waals surface area (Å²) in [5, 5.41) is 3.80. The zero-order valence-corrected chi connectivity index (χ0v) is 19.2. The number of carbonyl (C=O) groups excluding carboxylic acids is 2. The summed E-state index contributed by atoms with van der Waals surface area (Å²) in [6.45, 7) is 7.18. The predicted octanol–water partition coefficient (Wildman–Crippen LogP) is 3.69. The molecule has 1 fully saturated rings. The molecular formula is C23H32N4O3S. The van der Waals surface area contributed by atoms with Crippen LogP contribution in [-0.4, -0.2) is 59.5 Å². The van der Waals surface area contributed by atoms with Crippen LogP contribution in [0.1, 0.15) is 54.4 Å². The van der Waals surface area contributed by atoms with E-state index in [1.54, 1.807) is 17.3 Å². The number of unbranched alkanes of at least 4 members (excludes halogenated alkanes) is 1. The van der Waals surface area contributed by atoms with Crippen LogP contribution in [0.5, 0.6) is 0 Å². The predicted molar refractivity (Wildman–Crippen MR) is 122 cm³/mol. The zero-order chi connectivity index (χ0) is 22.1. The van der Waals surface area contributed by atoms with Gasteiger partial charge in [0.1, 0.15) is 9.88 Å². The minimum Gasteiger partial charge on any atom is -0.381 e. The number of hydrogen-bond acceptors (Lipinski definition) is 6. The van der Waals surface area contributed by atoms with Gasteiger partial charge in [0.25, 0.3) is 5.91 Å². The van der Waals surface area contributed by atoms with Crippen LogP contribution in [-0.2, 0) is 9.53 Å². The number of rotatable bonds is 10. The Bertz CT molecular complexity index is 856. The van der Waals surface area contributed by atoms with E-state index in [4.69, 9.17) is 4.74 Å². The van der Waals surface area contributed by atoms with Gasteiger partial charge in [0.15, 0.2) is 0 Å². The number of aryl methyl sites for hydroxylation is 1. The van der Waals surface area contributed by atoms with Gasteiger partial charge in [0.05, 0.1) is 11.6 Å². The minimum absolute atomic E-state index is 0.0307. The summed E-state index contributed by atoms with van der Waals surface area (Å²) in [5.74, 6) is -0.167. The van der Waals surface area contributed by atoms with Crippen LogP contribution in [0.2, 0.25) is 0 Å². The number of aromatic nitrogens is 2. The number of likely N-dealkylation sites (tertiary alicyclic amines) is 1. The second kappa shape index (κ2) is 11.9. The average molecular weight is 445 g/mol. The Labute approximate surface area is 188 Å². The molecule has 31 heavy (non-hydrogen) atoms. The lowest BCUT2D eigenvalue weighted by molar-refractivity contribution is -0.126. The maximum absolute atomic E-state index is 13.2. The fourth-order valence-corrected chi connectivity index (χ4v) is 4.63. The molecule has 0 aromatic carbocycles. The molecule has 8 heteroatoms. The molecule has 1 N–H and O–H groups in total. The Morgan fingerprint density at radius 1 is 1.32 bits per heavy atom. The van der Waals surface area contributed by atoms with Crippen LogP contribution in [0, 0.1) is 12.8 Å². The molecule has 0 radical (unpaired) electrons. The third-order valence-corrected chi connectivity index (χ3v) is 6.58. The van der Waals surface area contributed by atoms with Crippen LogP contribution < -0.4 is 5.32 Å². The molecule has 3 heterocycles. The first-order chi connectivity index (χ1) is 15.1. The summed E-state index contributed by atoms with van der Waals surface area (Å²) in [5.41, 5.74) is 1.63. The van der Waals surface area contributed by atoms with Crippen LogP contribution in [0.4, 0.5) is 0 Å². The van der Waals surface area contributed by atoms with Crippen molar-refractivity contribution in [2.45, 2.75) is 46.0 Å². The molecule has 1 unspecified atom stereocenters. The maximum atomic E-state index is 13.2. The van der Waals surface area contributed by atoms with Gasteiger partial charge >= 0.3 is 0 Å². The van der Waals surface area contributed by atoms with E-state index in [2.05, 4.69) is 22.2 Å². The molecule has 0 saturated carbocycles. The number of carbonyl (C=O) groups is 2. The first-order valence-electron chi connectivity index (χ1n) is 11.1. The fraction of sp³-hybridized carbons (Fsp3) is 0.565. The van der Waals surface area contributed by atoms with Gasteiger partial charge in [-0.2, -0.15) is 0 Å². The molecule has 1 aliphatic rings. The van der Waals surface area contributed by atoms with Gasteiger partial charge in [-0.15, -0.1) is 11.3 Å². The second-order valence-electron chi connectivity index (χ2n) is 7.88. The van der Waals surface area contributed by atoms with Crippen molar-refractivity contribution in [2.75, 3.05) is 32.8 Å². The number of hydrogen-bond donors (Lipinski definition) is 1. The highest BCUT2D eigenvalue weighted by Crippen LogP contribution is 2.29. The van der Waals surface area contributed by atoms with E-state index >= 15 is 0 Å². The Morgan fingerprint density at radius 2 is 2.16 bits per heavy atom. The Hall–Kier alpha value is -2.32. The number of ether oxygens (including phenoxy) is 1. The van der Waals surface area contributed by atoms with Gasteiger partial charge in [0, 0.05) is 50.8 Å². The van der Waals surface area contributed by atoms with Crippen LogP contribution in [0.25, 0.3) is 10.6 Å². The summed E-state index contributed by atoms with van der Waals surface area (Å²) >= 11 is 1.39. The van der Waals surface area contributed by atoms with Crippen LogP contribution in [0.15, 0.2) is 24.5 Å².